The fourth-order valence-electron chi connectivity index (χ4n) is 2.14. The highest BCUT2D eigenvalue weighted by Crippen LogP contribution is 2.33. The van der Waals surface area contributed by atoms with Crippen LogP contribution in [0, 0.1) is 0 Å². The van der Waals surface area contributed by atoms with E-state index in [1.165, 1.54) is 6.07 Å². The van der Waals surface area contributed by atoms with Gasteiger partial charge in [0.1, 0.15) is 5.69 Å². The van der Waals surface area contributed by atoms with E-state index in [0.29, 0.717) is 24.0 Å². The molecule has 9 heteroatoms. The zero-order valence-corrected chi connectivity index (χ0v) is 13.2. The highest BCUT2D eigenvalue weighted by Gasteiger charge is 2.26. The molecule has 1 aromatic rings. The Morgan fingerprint density at radius 2 is 1.61 bits per heavy atom. The van der Waals surface area contributed by atoms with Gasteiger partial charge < -0.3 is 15.3 Å². The van der Waals surface area contributed by atoms with Crippen LogP contribution in [0.5, 0.6) is 0 Å². The molecule has 0 amide bonds. The Morgan fingerprint density at radius 3 is 2.00 bits per heavy atom. The summed E-state index contributed by atoms with van der Waals surface area (Å²) in [7, 11) is 0. The first-order valence-corrected chi connectivity index (χ1v) is 7.06. The Hall–Kier alpha value is -2.48. The number of halogens is 1. The van der Waals surface area contributed by atoms with E-state index >= 15 is 0 Å². The monoisotopic (exact) mass is 342 g/mol. The van der Waals surface area contributed by atoms with Gasteiger partial charge in [0.25, 0.3) is 6.04 Å². The van der Waals surface area contributed by atoms with Crippen molar-refractivity contribution in [3.8, 4) is 0 Å². The number of carboxylic acids is 3. The number of aliphatic carboxylic acids is 2. The predicted octanol–water partition coefficient (Wildman–Crippen LogP) is 2.78. The zero-order chi connectivity index (χ0) is 17.7. The molecule has 0 unspecified atom stereocenters. The van der Waals surface area contributed by atoms with Crippen molar-refractivity contribution in [3.05, 3.63) is 27.8 Å². The molecule has 1 rings (SSSR count). The van der Waals surface area contributed by atoms with Crippen LogP contribution in [0.1, 0.15) is 35.3 Å². The van der Waals surface area contributed by atoms with Gasteiger partial charge in [0, 0.05) is 5.02 Å². The van der Waals surface area contributed by atoms with Crippen LogP contribution >= 0.6 is 11.6 Å². The number of azo groups is 1. The molecule has 124 valence electrons. The van der Waals surface area contributed by atoms with Crippen molar-refractivity contribution < 1.29 is 29.7 Å². The molecule has 0 aromatic heterocycles. The molecule has 8 nitrogen and oxygen atoms in total. The summed E-state index contributed by atoms with van der Waals surface area (Å²) in [6.45, 7) is 3.56. The van der Waals surface area contributed by atoms with Gasteiger partial charge in [-0.2, -0.15) is 10.2 Å². The highest BCUT2D eigenvalue weighted by atomic mass is 35.5. The summed E-state index contributed by atoms with van der Waals surface area (Å²) >= 11 is 6.10. The van der Waals surface area contributed by atoms with E-state index in [9.17, 15) is 19.5 Å². The lowest BCUT2D eigenvalue weighted by Gasteiger charge is -2.14. The molecular formula is C14H15ClN2O6. The van der Waals surface area contributed by atoms with Crippen LogP contribution in [0.2, 0.25) is 5.02 Å². The van der Waals surface area contributed by atoms with Crippen molar-refractivity contribution >= 4 is 35.2 Å². The van der Waals surface area contributed by atoms with Crippen LogP contribution in [-0.4, -0.2) is 39.3 Å². The SMILES string of the molecule is CCc1c(Cl)cc(N=NC(C(=O)O)C(=O)O)c(C(=O)O)c1CC. The largest absolute Gasteiger partial charge is 0.479 e. The quantitative estimate of drug-likeness (QED) is 0.514. The van der Waals surface area contributed by atoms with Gasteiger partial charge in [-0.1, -0.05) is 25.4 Å². The van der Waals surface area contributed by atoms with E-state index in [4.69, 9.17) is 21.8 Å². The molecule has 3 N–H and O–H groups in total. The van der Waals surface area contributed by atoms with E-state index in [-0.39, 0.29) is 16.3 Å². The average Bonchev–Trinajstić information content (AvgIpc) is 2.45. The van der Waals surface area contributed by atoms with Crippen molar-refractivity contribution in [3.63, 3.8) is 0 Å². The summed E-state index contributed by atoms with van der Waals surface area (Å²) in [5.74, 6) is -4.68. The van der Waals surface area contributed by atoms with Crippen LogP contribution < -0.4 is 0 Å². The number of aromatic carboxylic acids is 1. The molecular weight excluding hydrogens is 328 g/mol. The molecule has 1 aromatic carbocycles. The number of benzene rings is 1. The van der Waals surface area contributed by atoms with Crippen LogP contribution in [0.25, 0.3) is 0 Å². The van der Waals surface area contributed by atoms with Crippen molar-refractivity contribution in [2.24, 2.45) is 10.2 Å². The second-order valence-electron chi connectivity index (χ2n) is 4.52. The van der Waals surface area contributed by atoms with Crippen molar-refractivity contribution in [2.45, 2.75) is 32.7 Å². The van der Waals surface area contributed by atoms with Crippen molar-refractivity contribution in [1.82, 2.24) is 0 Å². The van der Waals surface area contributed by atoms with Crippen molar-refractivity contribution in [1.29, 1.82) is 0 Å². The third-order valence-corrected chi connectivity index (χ3v) is 3.48. The van der Waals surface area contributed by atoms with Gasteiger partial charge in [-0.05, 0) is 30.0 Å². The topological polar surface area (TPSA) is 137 Å². The lowest BCUT2D eigenvalue weighted by Crippen LogP contribution is -2.27. The van der Waals surface area contributed by atoms with E-state index in [0.717, 1.165) is 0 Å². The molecule has 23 heavy (non-hydrogen) atoms. The smallest absolute Gasteiger partial charge is 0.342 e. The fraction of sp³-hybridized carbons (Fsp3) is 0.357. The Labute approximate surface area is 136 Å². The Bertz CT molecular complexity index is 672. The molecule has 0 spiro atoms. The van der Waals surface area contributed by atoms with Crippen LogP contribution in [0.4, 0.5) is 5.69 Å². The van der Waals surface area contributed by atoms with E-state index in [1.807, 2.05) is 6.92 Å². The van der Waals surface area contributed by atoms with Gasteiger partial charge in [-0.3, -0.25) is 0 Å². The molecule has 0 radical (unpaired) electrons. The summed E-state index contributed by atoms with van der Waals surface area (Å²) in [5, 5.41) is 33.9. The maximum absolute atomic E-state index is 11.5. The Kier molecular flexibility index (Phi) is 6.20. The van der Waals surface area contributed by atoms with E-state index in [2.05, 4.69) is 10.2 Å². The average molecular weight is 343 g/mol. The molecule has 0 atom stereocenters. The molecule has 0 saturated heterocycles. The van der Waals surface area contributed by atoms with E-state index < -0.39 is 23.9 Å². The number of nitrogens with zero attached hydrogens (tertiary/aromatic N) is 2. The van der Waals surface area contributed by atoms with Gasteiger partial charge in [-0.15, -0.1) is 0 Å². The summed E-state index contributed by atoms with van der Waals surface area (Å²) < 4.78 is 0. The van der Waals surface area contributed by atoms with E-state index in [1.54, 1.807) is 6.92 Å². The minimum Gasteiger partial charge on any atom is -0.479 e. The van der Waals surface area contributed by atoms with Gasteiger partial charge in [0.15, 0.2) is 0 Å². The lowest BCUT2D eigenvalue weighted by atomic mass is 9.95. The lowest BCUT2D eigenvalue weighted by molar-refractivity contribution is -0.149. The number of rotatable bonds is 7. The molecule has 0 bridgehead atoms. The maximum Gasteiger partial charge on any atom is 0.342 e. The summed E-state index contributed by atoms with van der Waals surface area (Å²) in [6.07, 6.45) is 0.877. The minimum atomic E-state index is -2.12. The summed E-state index contributed by atoms with van der Waals surface area (Å²) in [4.78, 5) is 33.1. The third kappa shape index (κ3) is 4.04. The molecule has 0 aliphatic rings. The zero-order valence-electron chi connectivity index (χ0n) is 12.4. The number of carbonyl (C=O) groups is 3. The Morgan fingerprint density at radius 1 is 1.09 bits per heavy atom. The van der Waals surface area contributed by atoms with Crippen LogP contribution in [0.15, 0.2) is 16.3 Å². The summed E-state index contributed by atoms with van der Waals surface area (Å²) in [6, 6.07) is -0.876. The molecule has 0 saturated carbocycles. The number of hydrogen-bond donors (Lipinski definition) is 3. The minimum absolute atomic E-state index is 0.160. The van der Waals surface area contributed by atoms with Crippen LogP contribution in [-0.2, 0) is 22.4 Å². The van der Waals surface area contributed by atoms with Gasteiger partial charge in [-0.25, -0.2) is 14.4 Å². The van der Waals surface area contributed by atoms with Gasteiger partial charge >= 0.3 is 17.9 Å². The first-order valence-electron chi connectivity index (χ1n) is 6.68. The number of carboxylic acid groups (broad SMARTS) is 3. The van der Waals surface area contributed by atoms with Crippen molar-refractivity contribution in [2.75, 3.05) is 0 Å². The first-order chi connectivity index (χ1) is 10.7. The second kappa shape index (κ2) is 7.68. The van der Waals surface area contributed by atoms with Crippen LogP contribution in [0.3, 0.4) is 0 Å². The highest BCUT2D eigenvalue weighted by molar-refractivity contribution is 6.32. The molecule has 0 heterocycles. The molecule has 0 aliphatic heterocycles. The Balaban J connectivity index is 3.52. The third-order valence-electron chi connectivity index (χ3n) is 3.14. The number of hydrogen-bond acceptors (Lipinski definition) is 5. The van der Waals surface area contributed by atoms with Gasteiger partial charge in [0.2, 0.25) is 0 Å². The molecule has 0 fully saturated rings. The molecule has 0 aliphatic carbocycles. The maximum atomic E-state index is 11.5. The first kappa shape index (κ1) is 18.6. The fourth-order valence-corrected chi connectivity index (χ4v) is 2.49. The van der Waals surface area contributed by atoms with Gasteiger partial charge in [0.05, 0.1) is 5.56 Å². The predicted molar refractivity (Wildman–Crippen MR) is 80.7 cm³/mol. The second-order valence-corrected chi connectivity index (χ2v) is 4.92. The normalized spacial score (nSPS) is 11.1. The standard InChI is InChI=1S/C14H15ClN2O6/c1-3-6-7(4-2)10(12(18)19)9(5-8(6)15)16-17-11(13(20)21)14(22)23/h5,11H,3-4H2,1-2H3,(H,18,19)(H,20,21)(H,22,23). The summed E-state index contributed by atoms with van der Waals surface area (Å²) in [5.41, 5.74) is 0.776.